The van der Waals surface area contributed by atoms with Crippen molar-refractivity contribution >= 4 is 21.9 Å². The summed E-state index contributed by atoms with van der Waals surface area (Å²) in [7, 11) is 1.16. The Kier molecular flexibility index (Phi) is 4.80. The number of nitrogens with one attached hydrogen (secondary N) is 1. The van der Waals surface area contributed by atoms with Crippen molar-refractivity contribution in [2.45, 2.75) is 18.2 Å². The first-order valence-corrected chi connectivity index (χ1v) is 5.77. The van der Waals surface area contributed by atoms with Gasteiger partial charge in [-0.05, 0) is 6.07 Å². The maximum atomic E-state index is 12.7. The van der Waals surface area contributed by atoms with Crippen molar-refractivity contribution < 1.29 is 18.3 Å². The Balaban J connectivity index is 3.20. The molecule has 0 fully saturated rings. The molecular formula is C10H10BrF2NO3. The molecule has 0 aliphatic rings. The minimum atomic E-state index is -2.71. The molecule has 0 bridgehead atoms. The molecule has 0 saturated carbocycles. The molecule has 0 aliphatic carbocycles. The molecule has 7 heteroatoms. The number of methoxy groups -OCH3 is 1. The number of aromatic amines is 1. The summed E-state index contributed by atoms with van der Waals surface area (Å²) in [6.07, 6.45) is -3.04. The maximum absolute atomic E-state index is 12.7. The number of hydrogen-bond donors (Lipinski definition) is 1. The van der Waals surface area contributed by atoms with E-state index >= 15 is 0 Å². The maximum Gasteiger partial charge on any atom is 0.310 e. The van der Waals surface area contributed by atoms with E-state index in [2.05, 4.69) is 25.7 Å². The topological polar surface area (TPSA) is 59.2 Å². The number of aromatic nitrogens is 1. The molecule has 0 radical (unpaired) electrons. The van der Waals surface area contributed by atoms with Gasteiger partial charge in [-0.1, -0.05) is 15.9 Å². The Morgan fingerprint density at radius 1 is 1.59 bits per heavy atom. The van der Waals surface area contributed by atoms with Crippen LogP contribution in [0.5, 0.6) is 0 Å². The molecule has 0 spiro atoms. The van der Waals surface area contributed by atoms with E-state index in [1.54, 1.807) is 0 Å². The highest BCUT2D eigenvalue weighted by atomic mass is 79.9. The number of H-pyrrole nitrogens is 1. The van der Waals surface area contributed by atoms with Gasteiger partial charge in [-0.2, -0.15) is 0 Å². The van der Waals surface area contributed by atoms with Crippen LogP contribution in [0.25, 0.3) is 0 Å². The van der Waals surface area contributed by atoms with Gasteiger partial charge in [0.25, 0.3) is 12.0 Å². The van der Waals surface area contributed by atoms with Crippen LogP contribution < -0.4 is 5.56 Å². The summed E-state index contributed by atoms with van der Waals surface area (Å²) >= 11 is 3.00. The van der Waals surface area contributed by atoms with Gasteiger partial charge in [0.2, 0.25) is 0 Å². The molecule has 17 heavy (non-hydrogen) atoms. The minimum Gasteiger partial charge on any atom is -0.469 e. The molecule has 1 rings (SSSR count). The Hall–Kier alpha value is -1.24. The third kappa shape index (κ3) is 3.36. The van der Waals surface area contributed by atoms with Gasteiger partial charge < -0.3 is 9.72 Å². The van der Waals surface area contributed by atoms with E-state index in [0.717, 1.165) is 13.2 Å². The van der Waals surface area contributed by atoms with Crippen LogP contribution in [0.3, 0.4) is 0 Å². The van der Waals surface area contributed by atoms with Gasteiger partial charge in [0, 0.05) is 22.2 Å². The van der Waals surface area contributed by atoms with Crippen molar-refractivity contribution in [3.8, 4) is 0 Å². The third-order valence-electron chi connectivity index (χ3n) is 2.17. The van der Waals surface area contributed by atoms with Gasteiger partial charge in [0.15, 0.2) is 0 Å². The van der Waals surface area contributed by atoms with Crippen LogP contribution in [0.15, 0.2) is 10.9 Å². The monoisotopic (exact) mass is 309 g/mol. The zero-order valence-corrected chi connectivity index (χ0v) is 10.5. The van der Waals surface area contributed by atoms with E-state index in [9.17, 15) is 18.4 Å². The lowest BCUT2D eigenvalue weighted by Gasteiger charge is -2.08. The van der Waals surface area contributed by atoms with Crippen molar-refractivity contribution in [2.24, 2.45) is 0 Å². The van der Waals surface area contributed by atoms with Crippen LogP contribution in [0.2, 0.25) is 0 Å². The lowest BCUT2D eigenvalue weighted by Crippen LogP contribution is -2.20. The second-order valence-electron chi connectivity index (χ2n) is 3.24. The number of halogens is 3. The molecule has 1 N–H and O–H groups in total. The normalized spacial score (nSPS) is 10.6. The standard InChI is InChI=1S/C10H10BrF2NO3/c1-17-8(15)3-5-2-6(9(12)13)7(4-11)14-10(5)16/h2,9H,3-4H2,1H3,(H,14,16). The highest BCUT2D eigenvalue weighted by Gasteiger charge is 2.17. The van der Waals surface area contributed by atoms with E-state index in [1.807, 2.05) is 0 Å². The smallest absolute Gasteiger partial charge is 0.310 e. The minimum absolute atomic E-state index is 0.0307. The largest absolute Gasteiger partial charge is 0.469 e. The van der Waals surface area contributed by atoms with Crippen molar-refractivity contribution in [3.63, 3.8) is 0 Å². The van der Waals surface area contributed by atoms with Crippen LogP contribution in [0.1, 0.15) is 23.2 Å². The van der Waals surface area contributed by atoms with Crippen LogP contribution in [0.4, 0.5) is 8.78 Å². The Morgan fingerprint density at radius 2 is 2.24 bits per heavy atom. The molecule has 0 aromatic carbocycles. The molecule has 1 aromatic rings. The van der Waals surface area contributed by atoms with Gasteiger partial charge in [-0.3, -0.25) is 9.59 Å². The number of carbonyl (C=O) groups is 1. The number of alkyl halides is 3. The van der Waals surface area contributed by atoms with Gasteiger partial charge in [-0.15, -0.1) is 0 Å². The number of hydrogen-bond acceptors (Lipinski definition) is 3. The molecule has 0 aliphatic heterocycles. The summed E-state index contributed by atoms with van der Waals surface area (Å²) in [6.45, 7) is 0. The van der Waals surface area contributed by atoms with E-state index in [-0.39, 0.29) is 28.6 Å². The first-order chi connectivity index (χ1) is 7.99. The average molecular weight is 310 g/mol. The van der Waals surface area contributed by atoms with E-state index in [1.165, 1.54) is 0 Å². The second-order valence-corrected chi connectivity index (χ2v) is 3.81. The number of pyridine rings is 1. The number of rotatable bonds is 4. The Morgan fingerprint density at radius 3 is 2.71 bits per heavy atom. The predicted octanol–water partition coefficient (Wildman–Crippen LogP) is 1.92. The molecule has 94 valence electrons. The van der Waals surface area contributed by atoms with Gasteiger partial charge >= 0.3 is 5.97 Å². The van der Waals surface area contributed by atoms with Crippen molar-refractivity contribution in [1.82, 2.24) is 4.98 Å². The Labute approximate surface area is 104 Å². The molecule has 0 unspecified atom stereocenters. The summed E-state index contributed by atoms with van der Waals surface area (Å²) in [5.74, 6) is -0.651. The summed E-state index contributed by atoms with van der Waals surface area (Å²) < 4.78 is 29.8. The van der Waals surface area contributed by atoms with Gasteiger partial charge in [-0.25, -0.2) is 8.78 Å². The second kappa shape index (κ2) is 5.90. The Bertz CT molecular complexity index is 473. The molecule has 0 amide bonds. The first kappa shape index (κ1) is 13.8. The van der Waals surface area contributed by atoms with E-state index in [4.69, 9.17) is 0 Å². The van der Waals surface area contributed by atoms with Crippen molar-refractivity contribution in [3.05, 3.63) is 33.2 Å². The molecule has 0 saturated heterocycles. The highest BCUT2D eigenvalue weighted by molar-refractivity contribution is 9.08. The summed E-state index contributed by atoms with van der Waals surface area (Å²) in [5, 5.41) is 0.112. The summed E-state index contributed by atoms with van der Waals surface area (Å²) in [6, 6.07) is 1.04. The van der Waals surface area contributed by atoms with E-state index in [0.29, 0.717) is 0 Å². The number of esters is 1. The quantitative estimate of drug-likeness (QED) is 0.683. The molecular weight excluding hydrogens is 300 g/mol. The average Bonchev–Trinajstić information content (AvgIpc) is 2.30. The highest BCUT2D eigenvalue weighted by Crippen LogP contribution is 2.23. The van der Waals surface area contributed by atoms with E-state index < -0.39 is 18.0 Å². The molecule has 1 aromatic heterocycles. The number of ether oxygens (including phenoxy) is 1. The van der Waals surface area contributed by atoms with Crippen molar-refractivity contribution in [1.29, 1.82) is 0 Å². The summed E-state index contributed by atoms with van der Waals surface area (Å²) in [5.41, 5.74) is -0.773. The fourth-order valence-corrected chi connectivity index (χ4v) is 1.76. The fourth-order valence-electron chi connectivity index (χ4n) is 1.29. The fraction of sp³-hybridized carbons (Fsp3) is 0.400. The van der Waals surface area contributed by atoms with Crippen LogP contribution in [-0.4, -0.2) is 18.1 Å². The first-order valence-electron chi connectivity index (χ1n) is 4.65. The zero-order chi connectivity index (χ0) is 13.0. The lowest BCUT2D eigenvalue weighted by molar-refractivity contribution is -0.139. The predicted molar refractivity (Wildman–Crippen MR) is 60.4 cm³/mol. The van der Waals surface area contributed by atoms with Crippen LogP contribution >= 0.6 is 15.9 Å². The molecule has 4 nitrogen and oxygen atoms in total. The zero-order valence-electron chi connectivity index (χ0n) is 8.93. The van der Waals surface area contributed by atoms with Crippen LogP contribution in [-0.2, 0) is 21.3 Å². The lowest BCUT2D eigenvalue weighted by atomic mass is 10.1. The van der Waals surface area contributed by atoms with Gasteiger partial charge in [0.05, 0.1) is 13.5 Å². The third-order valence-corrected chi connectivity index (χ3v) is 2.73. The van der Waals surface area contributed by atoms with Gasteiger partial charge in [0.1, 0.15) is 0 Å². The van der Waals surface area contributed by atoms with Crippen molar-refractivity contribution in [2.75, 3.05) is 7.11 Å². The number of carbonyl (C=O) groups excluding carboxylic acids is 1. The SMILES string of the molecule is COC(=O)Cc1cc(C(F)F)c(CBr)[nH]c1=O. The molecule has 0 atom stereocenters. The van der Waals surface area contributed by atoms with Crippen LogP contribution in [0, 0.1) is 0 Å². The molecule has 1 heterocycles. The summed E-state index contributed by atoms with van der Waals surface area (Å²) in [4.78, 5) is 24.8.